The minimum Gasteiger partial charge on any atom is -0.361 e. The number of rotatable bonds is 3. The summed E-state index contributed by atoms with van der Waals surface area (Å²) < 4.78 is 1.78. The van der Waals surface area contributed by atoms with Gasteiger partial charge in [0.15, 0.2) is 0 Å². The molecule has 7 nitrogen and oxygen atoms in total. The van der Waals surface area contributed by atoms with E-state index in [1.165, 1.54) is 0 Å². The van der Waals surface area contributed by atoms with Crippen molar-refractivity contribution in [2.75, 3.05) is 25.5 Å². The first kappa shape index (κ1) is 15.5. The van der Waals surface area contributed by atoms with Crippen molar-refractivity contribution < 1.29 is 4.79 Å². The molecule has 0 saturated carbocycles. The van der Waals surface area contributed by atoms with Crippen LogP contribution in [0.2, 0.25) is 0 Å². The minimum absolute atomic E-state index is 0.0589. The Bertz CT molecular complexity index is 678. The van der Waals surface area contributed by atoms with Crippen LogP contribution in [-0.2, 0) is 7.05 Å². The maximum Gasteiger partial charge on any atom is 0.274 e. The van der Waals surface area contributed by atoms with Crippen LogP contribution in [0.25, 0.3) is 0 Å². The number of hydrogen-bond donors (Lipinski definition) is 0. The predicted octanol–water partition coefficient (Wildman–Crippen LogP) is 1.64. The molecule has 0 radical (unpaired) electrons. The molecule has 3 heterocycles. The molecule has 0 bridgehead atoms. The number of aryl methyl sites for hydroxylation is 1. The van der Waals surface area contributed by atoms with E-state index >= 15 is 0 Å². The third kappa shape index (κ3) is 3.18. The average molecular weight is 314 g/mol. The van der Waals surface area contributed by atoms with E-state index in [-0.39, 0.29) is 11.9 Å². The second-order valence-corrected chi connectivity index (χ2v) is 6.11. The van der Waals surface area contributed by atoms with Crippen LogP contribution in [0.3, 0.4) is 0 Å². The molecule has 3 rings (SSSR count). The molecule has 0 unspecified atom stereocenters. The maximum absolute atomic E-state index is 12.9. The van der Waals surface area contributed by atoms with Crippen molar-refractivity contribution in [3.63, 3.8) is 0 Å². The number of hydrogen-bond acceptors (Lipinski definition) is 5. The van der Waals surface area contributed by atoms with Crippen molar-refractivity contribution in [1.82, 2.24) is 24.6 Å². The molecular formula is C16H22N6O. The molecule has 0 aliphatic carbocycles. The first-order valence-corrected chi connectivity index (χ1v) is 7.85. The van der Waals surface area contributed by atoms with Gasteiger partial charge in [-0.15, -0.1) is 0 Å². The Labute approximate surface area is 135 Å². The number of carbonyl (C=O) groups is 1. The van der Waals surface area contributed by atoms with Crippen molar-refractivity contribution in [2.24, 2.45) is 7.05 Å². The van der Waals surface area contributed by atoms with E-state index in [2.05, 4.69) is 15.1 Å². The SMILES string of the molecule is CN(C)c1cnc(C(=O)N2CCCC[C@H]2c2cnn(C)c2)cn1. The molecule has 7 heteroatoms. The summed E-state index contributed by atoms with van der Waals surface area (Å²) in [6, 6.07) is 0.0697. The number of piperidine rings is 1. The van der Waals surface area contributed by atoms with E-state index in [0.29, 0.717) is 5.69 Å². The van der Waals surface area contributed by atoms with Gasteiger partial charge in [0.1, 0.15) is 11.5 Å². The highest BCUT2D eigenvalue weighted by molar-refractivity contribution is 5.92. The summed E-state index contributed by atoms with van der Waals surface area (Å²) in [6.45, 7) is 0.746. The molecule has 1 aliphatic heterocycles. The number of nitrogens with zero attached hydrogens (tertiary/aromatic N) is 6. The fraction of sp³-hybridized carbons (Fsp3) is 0.500. The van der Waals surface area contributed by atoms with Gasteiger partial charge in [0, 0.05) is 39.4 Å². The first-order valence-electron chi connectivity index (χ1n) is 7.85. The molecule has 1 atom stereocenters. The number of amides is 1. The third-order valence-electron chi connectivity index (χ3n) is 4.19. The van der Waals surface area contributed by atoms with Crippen molar-refractivity contribution in [2.45, 2.75) is 25.3 Å². The van der Waals surface area contributed by atoms with Crippen LogP contribution in [-0.4, -0.2) is 51.2 Å². The van der Waals surface area contributed by atoms with E-state index in [1.54, 1.807) is 17.1 Å². The Hall–Kier alpha value is -2.44. The highest BCUT2D eigenvalue weighted by Crippen LogP contribution is 2.31. The van der Waals surface area contributed by atoms with Crippen LogP contribution in [0.4, 0.5) is 5.82 Å². The van der Waals surface area contributed by atoms with E-state index in [9.17, 15) is 4.79 Å². The topological polar surface area (TPSA) is 67.2 Å². The largest absolute Gasteiger partial charge is 0.361 e. The maximum atomic E-state index is 12.9. The van der Waals surface area contributed by atoms with Crippen LogP contribution >= 0.6 is 0 Å². The lowest BCUT2D eigenvalue weighted by atomic mass is 9.97. The molecular weight excluding hydrogens is 292 g/mol. The lowest BCUT2D eigenvalue weighted by Gasteiger charge is -2.35. The molecule has 1 fully saturated rings. The van der Waals surface area contributed by atoms with Gasteiger partial charge in [-0.05, 0) is 19.3 Å². The molecule has 1 saturated heterocycles. The average Bonchev–Trinajstić information content (AvgIpc) is 3.00. The third-order valence-corrected chi connectivity index (χ3v) is 4.19. The van der Waals surface area contributed by atoms with Gasteiger partial charge in [0.05, 0.1) is 24.6 Å². The highest BCUT2D eigenvalue weighted by atomic mass is 16.2. The molecule has 0 spiro atoms. The van der Waals surface area contributed by atoms with Crippen molar-refractivity contribution in [3.8, 4) is 0 Å². The van der Waals surface area contributed by atoms with Crippen LogP contribution in [0.1, 0.15) is 41.4 Å². The van der Waals surface area contributed by atoms with E-state index in [0.717, 1.165) is 37.2 Å². The van der Waals surface area contributed by atoms with Gasteiger partial charge in [-0.25, -0.2) is 9.97 Å². The van der Waals surface area contributed by atoms with Gasteiger partial charge in [0.2, 0.25) is 0 Å². The molecule has 0 N–H and O–H groups in total. The predicted molar refractivity (Wildman–Crippen MR) is 87.2 cm³/mol. The number of likely N-dealkylation sites (tertiary alicyclic amines) is 1. The van der Waals surface area contributed by atoms with E-state index in [4.69, 9.17) is 0 Å². The molecule has 2 aromatic heterocycles. The Morgan fingerprint density at radius 2 is 2.04 bits per heavy atom. The van der Waals surface area contributed by atoms with Crippen LogP contribution < -0.4 is 4.90 Å². The van der Waals surface area contributed by atoms with Crippen molar-refractivity contribution >= 4 is 11.7 Å². The standard InChI is InChI=1S/C16H22N6O/c1-20(2)15-10-17-13(9-18-15)16(23)22-7-5-4-6-14(22)12-8-19-21(3)11-12/h8-11,14H,4-7H2,1-3H3/t14-/m0/s1. The van der Waals surface area contributed by atoms with Gasteiger partial charge in [-0.1, -0.05) is 0 Å². The summed E-state index contributed by atoms with van der Waals surface area (Å²) in [4.78, 5) is 25.2. The lowest BCUT2D eigenvalue weighted by molar-refractivity contribution is 0.0605. The minimum atomic E-state index is -0.0589. The fourth-order valence-corrected chi connectivity index (χ4v) is 2.94. The molecule has 1 amide bonds. The smallest absolute Gasteiger partial charge is 0.274 e. The second kappa shape index (κ2) is 6.36. The van der Waals surface area contributed by atoms with Gasteiger partial charge in [0.25, 0.3) is 5.91 Å². The van der Waals surface area contributed by atoms with Gasteiger partial charge >= 0.3 is 0 Å². The van der Waals surface area contributed by atoms with Crippen LogP contribution in [0, 0.1) is 0 Å². The molecule has 0 aromatic carbocycles. The number of anilines is 1. The van der Waals surface area contributed by atoms with Gasteiger partial charge in [-0.2, -0.15) is 5.10 Å². The molecule has 122 valence electrons. The Balaban J connectivity index is 1.83. The second-order valence-electron chi connectivity index (χ2n) is 6.11. The molecule has 23 heavy (non-hydrogen) atoms. The molecule has 1 aliphatic rings. The summed E-state index contributed by atoms with van der Waals surface area (Å²) in [6.07, 6.45) is 10.1. The lowest BCUT2D eigenvalue weighted by Crippen LogP contribution is -2.38. The summed E-state index contributed by atoms with van der Waals surface area (Å²) >= 11 is 0. The van der Waals surface area contributed by atoms with Gasteiger partial charge in [-0.3, -0.25) is 9.48 Å². The zero-order valence-corrected chi connectivity index (χ0v) is 13.8. The zero-order valence-electron chi connectivity index (χ0n) is 13.8. The summed E-state index contributed by atoms with van der Waals surface area (Å²) in [5, 5.41) is 4.23. The van der Waals surface area contributed by atoms with Crippen LogP contribution in [0.15, 0.2) is 24.8 Å². The summed E-state index contributed by atoms with van der Waals surface area (Å²) in [5.41, 5.74) is 1.48. The fourth-order valence-electron chi connectivity index (χ4n) is 2.94. The normalized spacial score (nSPS) is 18.0. The van der Waals surface area contributed by atoms with Crippen molar-refractivity contribution in [3.05, 3.63) is 36.0 Å². The Kier molecular flexibility index (Phi) is 4.27. The first-order chi connectivity index (χ1) is 11.1. The monoisotopic (exact) mass is 314 g/mol. The Morgan fingerprint density at radius 1 is 1.22 bits per heavy atom. The zero-order chi connectivity index (χ0) is 16.4. The van der Waals surface area contributed by atoms with E-state index in [1.807, 2.05) is 43.3 Å². The number of aromatic nitrogens is 4. The summed E-state index contributed by atoms with van der Waals surface area (Å²) in [5.74, 6) is 0.681. The number of carbonyl (C=O) groups excluding carboxylic acids is 1. The van der Waals surface area contributed by atoms with Crippen molar-refractivity contribution in [1.29, 1.82) is 0 Å². The Morgan fingerprint density at radius 3 is 2.65 bits per heavy atom. The van der Waals surface area contributed by atoms with Crippen LogP contribution in [0.5, 0.6) is 0 Å². The van der Waals surface area contributed by atoms with E-state index < -0.39 is 0 Å². The van der Waals surface area contributed by atoms with Gasteiger partial charge < -0.3 is 9.80 Å². The summed E-state index contributed by atoms with van der Waals surface area (Å²) in [7, 11) is 5.69. The highest BCUT2D eigenvalue weighted by Gasteiger charge is 2.30. The molecule has 2 aromatic rings. The quantitative estimate of drug-likeness (QED) is 0.861.